The van der Waals surface area contributed by atoms with Crippen LogP contribution in [0.1, 0.15) is 44.0 Å². The van der Waals surface area contributed by atoms with E-state index in [9.17, 15) is 13.6 Å². The second-order valence-corrected chi connectivity index (χ2v) is 5.91. The summed E-state index contributed by atoms with van der Waals surface area (Å²) in [5.74, 6) is -1.31. The van der Waals surface area contributed by atoms with Crippen LogP contribution >= 0.6 is 0 Å². The van der Waals surface area contributed by atoms with Crippen LogP contribution in [0.2, 0.25) is 0 Å². The maximum atomic E-state index is 14.1. The molecule has 5 heteroatoms. The lowest BCUT2D eigenvalue weighted by molar-refractivity contribution is -0.133. The fraction of sp³-hybridized carbons (Fsp3) is 0.350. The van der Waals surface area contributed by atoms with Gasteiger partial charge in [0, 0.05) is 30.8 Å². The van der Waals surface area contributed by atoms with Gasteiger partial charge in [0.05, 0.1) is 0 Å². The van der Waals surface area contributed by atoms with Crippen LogP contribution in [0.15, 0.2) is 48.5 Å². The van der Waals surface area contributed by atoms with E-state index in [-0.39, 0.29) is 5.91 Å². The van der Waals surface area contributed by atoms with Gasteiger partial charge >= 0.3 is 0 Å². The molecule has 0 radical (unpaired) electrons. The number of benzene rings is 2. The summed E-state index contributed by atoms with van der Waals surface area (Å²) in [6, 6.07) is 11.8. The molecule has 134 valence electrons. The third-order valence-corrected chi connectivity index (χ3v) is 4.30. The number of hydrogen-bond acceptors (Lipinski definition) is 2. The Kier molecular flexibility index (Phi) is 6.65. The minimum Gasteiger partial charge on any atom is -0.342 e. The SMILES string of the molecule is CCN(CC)C(=O)C(NC(C)c1ccc(F)cc1F)c1ccccc1. The average molecular weight is 346 g/mol. The first-order valence-electron chi connectivity index (χ1n) is 8.52. The third kappa shape index (κ3) is 4.63. The lowest BCUT2D eigenvalue weighted by Gasteiger charge is -2.29. The zero-order valence-electron chi connectivity index (χ0n) is 14.8. The van der Waals surface area contributed by atoms with E-state index in [0.717, 1.165) is 11.6 Å². The molecule has 1 N–H and O–H groups in total. The Morgan fingerprint density at radius 3 is 2.28 bits per heavy atom. The van der Waals surface area contributed by atoms with E-state index in [0.29, 0.717) is 18.7 Å². The van der Waals surface area contributed by atoms with Crippen LogP contribution in [-0.4, -0.2) is 23.9 Å². The molecular weight excluding hydrogens is 322 g/mol. The van der Waals surface area contributed by atoms with Crippen molar-refractivity contribution in [3.8, 4) is 0 Å². The molecule has 25 heavy (non-hydrogen) atoms. The molecule has 2 aromatic rings. The summed E-state index contributed by atoms with van der Waals surface area (Å²) in [5.41, 5.74) is 1.14. The topological polar surface area (TPSA) is 32.3 Å². The Morgan fingerprint density at radius 2 is 1.72 bits per heavy atom. The van der Waals surface area contributed by atoms with E-state index in [1.165, 1.54) is 12.1 Å². The summed E-state index contributed by atoms with van der Waals surface area (Å²) in [6.07, 6.45) is 0. The Bertz CT molecular complexity index is 702. The fourth-order valence-corrected chi connectivity index (χ4v) is 2.87. The number of carbonyl (C=O) groups excluding carboxylic acids is 1. The highest BCUT2D eigenvalue weighted by molar-refractivity contribution is 5.83. The van der Waals surface area contributed by atoms with E-state index >= 15 is 0 Å². The highest BCUT2D eigenvalue weighted by atomic mass is 19.1. The van der Waals surface area contributed by atoms with Crippen molar-refractivity contribution in [2.75, 3.05) is 13.1 Å². The van der Waals surface area contributed by atoms with Crippen LogP contribution in [0.5, 0.6) is 0 Å². The summed E-state index contributed by atoms with van der Waals surface area (Å²) < 4.78 is 27.2. The second-order valence-electron chi connectivity index (χ2n) is 5.91. The van der Waals surface area contributed by atoms with Gasteiger partial charge in [-0.1, -0.05) is 36.4 Å². The molecule has 2 rings (SSSR count). The number of rotatable bonds is 7. The lowest BCUT2D eigenvalue weighted by Crippen LogP contribution is -2.41. The van der Waals surface area contributed by atoms with Crippen LogP contribution in [0.3, 0.4) is 0 Å². The van der Waals surface area contributed by atoms with Gasteiger partial charge in [0.1, 0.15) is 17.7 Å². The van der Waals surface area contributed by atoms with Gasteiger partial charge in [-0.15, -0.1) is 0 Å². The van der Waals surface area contributed by atoms with Crippen LogP contribution < -0.4 is 5.32 Å². The summed E-state index contributed by atoms with van der Waals surface area (Å²) in [5, 5.41) is 3.21. The summed E-state index contributed by atoms with van der Waals surface area (Å²) >= 11 is 0. The van der Waals surface area contributed by atoms with E-state index in [1.54, 1.807) is 11.8 Å². The molecule has 0 aliphatic heterocycles. The number of hydrogen-bond donors (Lipinski definition) is 1. The van der Waals surface area contributed by atoms with Gasteiger partial charge in [-0.3, -0.25) is 10.1 Å². The van der Waals surface area contributed by atoms with Gasteiger partial charge in [-0.2, -0.15) is 0 Å². The van der Waals surface area contributed by atoms with Gasteiger partial charge in [0.25, 0.3) is 0 Å². The Morgan fingerprint density at radius 1 is 1.08 bits per heavy atom. The number of amides is 1. The summed E-state index contributed by atoms with van der Waals surface area (Å²) in [6.45, 7) is 6.81. The van der Waals surface area contributed by atoms with Crippen molar-refractivity contribution >= 4 is 5.91 Å². The van der Waals surface area contributed by atoms with Gasteiger partial charge in [0.2, 0.25) is 5.91 Å². The van der Waals surface area contributed by atoms with Crippen LogP contribution in [0, 0.1) is 11.6 Å². The molecule has 3 nitrogen and oxygen atoms in total. The van der Waals surface area contributed by atoms with Gasteiger partial charge in [0.15, 0.2) is 0 Å². The maximum absolute atomic E-state index is 14.1. The van der Waals surface area contributed by atoms with E-state index < -0.39 is 23.7 Å². The first kappa shape index (κ1) is 19.1. The van der Waals surface area contributed by atoms with Crippen molar-refractivity contribution in [2.24, 2.45) is 0 Å². The standard InChI is InChI=1S/C20H24F2N2O/c1-4-24(5-2)20(25)19(15-9-7-6-8-10-15)23-14(3)17-12-11-16(21)13-18(17)22/h6-14,19,23H,4-5H2,1-3H3. The molecule has 0 aromatic heterocycles. The molecule has 2 unspecified atom stereocenters. The fourth-order valence-electron chi connectivity index (χ4n) is 2.87. The molecule has 0 spiro atoms. The van der Waals surface area contributed by atoms with Crippen LogP contribution in [0.4, 0.5) is 8.78 Å². The molecule has 0 saturated heterocycles. The zero-order chi connectivity index (χ0) is 18.4. The van der Waals surface area contributed by atoms with E-state index in [4.69, 9.17) is 0 Å². The molecule has 1 amide bonds. The molecular formula is C20H24F2N2O. The number of likely N-dealkylation sites (N-methyl/N-ethyl adjacent to an activating group) is 1. The summed E-state index contributed by atoms with van der Waals surface area (Å²) in [7, 11) is 0. The molecule has 2 aromatic carbocycles. The number of nitrogens with one attached hydrogen (secondary N) is 1. The largest absolute Gasteiger partial charge is 0.342 e. The minimum absolute atomic E-state index is 0.0643. The predicted octanol–water partition coefficient (Wildman–Crippen LogP) is 4.23. The molecule has 0 fully saturated rings. The Labute approximate surface area is 147 Å². The van der Waals surface area contributed by atoms with Gasteiger partial charge < -0.3 is 4.90 Å². The van der Waals surface area contributed by atoms with Crippen molar-refractivity contribution in [1.82, 2.24) is 10.2 Å². The van der Waals surface area contributed by atoms with Crippen molar-refractivity contribution < 1.29 is 13.6 Å². The molecule has 0 aliphatic rings. The average Bonchev–Trinajstić information content (AvgIpc) is 2.61. The molecule has 0 heterocycles. The predicted molar refractivity (Wildman–Crippen MR) is 95.0 cm³/mol. The van der Waals surface area contributed by atoms with Crippen molar-refractivity contribution in [1.29, 1.82) is 0 Å². The van der Waals surface area contributed by atoms with Crippen molar-refractivity contribution in [2.45, 2.75) is 32.9 Å². The lowest BCUT2D eigenvalue weighted by atomic mass is 10.0. The normalized spacial score (nSPS) is 13.3. The monoisotopic (exact) mass is 346 g/mol. The second kappa shape index (κ2) is 8.72. The first-order chi connectivity index (χ1) is 12.0. The minimum atomic E-state index is -0.623. The Hall–Kier alpha value is -2.27. The van der Waals surface area contributed by atoms with Crippen LogP contribution in [0.25, 0.3) is 0 Å². The zero-order valence-corrected chi connectivity index (χ0v) is 14.8. The molecule has 0 bridgehead atoms. The van der Waals surface area contributed by atoms with Crippen LogP contribution in [-0.2, 0) is 4.79 Å². The molecule has 2 atom stereocenters. The number of carbonyl (C=O) groups is 1. The van der Waals surface area contributed by atoms with E-state index in [1.807, 2.05) is 44.2 Å². The smallest absolute Gasteiger partial charge is 0.244 e. The third-order valence-electron chi connectivity index (χ3n) is 4.30. The highest BCUT2D eigenvalue weighted by Gasteiger charge is 2.26. The first-order valence-corrected chi connectivity index (χ1v) is 8.52. The van der Waals surface area contributed by atoms with E-state index in [2.05, 4.69) is 5.32 Å². The Balaban J connectivity index is 2.31. The van der Waals surface area contributed by atoms with Gasteiger partial charge in [-0.25, -0.2) is 8.78 Å². The quantitative estimate of drug-likeness (QED) is 0.814. The maximum Gasteiger partial charge on any atom is 0.244 e. The summed E-state index contributed by atoms with van der Waals surface area (Å²) in [4.78, 5) is 14.7. The highest BCUT2D eigenvalue weighted by Crippen LogP contribution is 2.24. The van der Waals surface area contributed by atoms with Crippen molar-refractivity contribution in [3.63, 3.8) is 0 Å². The number of halogens is 2. The van der Waals surface area contributed by atoms with Crippen molar-refractivity contribution in [3.05, 3.63) is 71.3 Å². The molecule has 0 aliphatic carbocycles. The number of nitrogens with zero attached hydrogens (tertiary/aromatic N) is 1. The van der Waals surface area contributed by atoms with Gasteiger partial charge in [-0.05, 0) is 32.4 Å². The molecule has 0 saturated carbocycles.